The zero-order valence-corrected chi connectivity index (χ0v) is 9.77. The van der Waals surface area contributed by atoms with Crippen LogP contribution in [-0.4, -0.2) is 44.1 Å². The van der Waals surface area contributed by atoms with Crippen molar-refractivity contribution in [2.24, 2.45) is 0 Å². The van der Waals surface area contributed by atoms with E-state index in [1.807, 2.05) is 13.1 Å². The summed E-state index contributed by atoms with van der Waals surface area (Å²) in [4.78, 5) is 8.58. The molecule has 1 aromatic heterocycles. The number of aromatic nitrogens is 1. The highest BCUT2D eigenvalue weighted by Gasteiger charge is 2.02. The average molecular weight is 208 g/mol. The van der Waals surface area contributed by atoms with Crippen molar-refractivity contribution < 1.29 is 0 Å². The van der Waals surface area contributed by atoms with Crippen LogP contribution in [0.15, 0.2) is 18.3 Å². The number of rotatable bonds is 5. The molecule has 0 saturated carbocycles. The van der Waals surface area contributed by atoms with Crippen LogP contribution in [0.4, 0.5) is 11.5 Å². The van der Waals surface area contributed by atoms with Gasteiger partial charge in [0.05, 0.1) is 0 Å². The first-order valence-corrected chi connectivity index (χ1v) is 5.17. The zero-order chi connectivity index (χ0) is 11.3. The molecule has 0 spiro atoms. The molecule has 4 heteroatoms. The lowest BCUT2D eigenvalue weighted by Crippen LogP contribution is -2.24. The normalized spacial score (nSPS) is 10.7. The Hall–Kier alpha value is -1.29. The summed E-state index contributed by atoms with van der Waals surface area (Å²) in [5.74, 6) is 0.939. The number of nitrogens with two attached hydrogens (primary N) is 1. The maximum Gasteiger partial charge on any atom is 0.130 e. The molecule has 15 heavy (non-hydrogen) atoms. The van der Waals surface area contributed by atoms with Gasteiger partial charge >= 0.3 is 0 Å². The number of anilines is 2. The Morgan fingerprint density at radius 2 is 2.00 bits per heavy atom. The van der Waals surface area contributed by atoms with Crippen molar-refractivity contribution in [1.82, 2.24) is 9.88 Å². The summed E-state index contributed by atoms with van der Waals surface area (Å²) < 4.78 is 0. The van der Waals surface area contributed by atoms with E-state index in [4.69, 9.17) is 5.73 Å². The van der Waals surface area contributed by atoms with Gasteiger partial charge in [0.25, 0.3) is 0 Å². The van der Waals surface area contributed by atoms with Gasteiger partial charge in [-0.2, -0.15) is 0 Å². The minimum atomic E-state index is 0.763. The van der Waals surface area contributed by atoms with Crippen LogP contribution in [0.3, 0.4) is 0 Å². The second-order valence-electron chi connectivity index (χ2n) is 4.03. The summed E-state index contributed by atoms with van der Waals surface area (Å²) in [5.41, 5.74) is 6.46. The maximum atomic E-state index is 5.70. The summed E-state index contributed by atoms with van der Waals surface area (Å²) >= 11 is 0. The zero-order valence-electron chi connectivity index (χ0n) is 9.77. The van der Waals surface area contributed by atoms with Crippen molar-refractivity contribution in [1.29, 1.82) is 0 Å². The van der Waals surface area contributed by atoms with E-state index < -0.39 is 0 Å². The lowest BCUT2D eigenvalue weighted by molar-refractivity contribution is 0.401. The second-order valence-corrected chi connectivity index (χ2v) is 4.03. The summed E-state index contributed by atoms with van der Waals surface area (Å²) in [7, 11) is 6.20. The van der Waals surface area contributed by atoms with Crippen LogP contribution in [0, 0.1) is 0 Å². The molecule has 0 aliphatic rings. The SMILES string of the molecule is CN(C)CCCN(C)c1cc(N)ccn1. The molecule has 0 aromatic carbocycles. The number of nitrogens with zero attached hydrogens (tertiary/aromatic N) is 3. The van der Waals surface area contributed by atoms with Gasteiger partial charge in [-0.15, -0.1) is 0 Å². The molecule has 84 valence electrons. The van der Waals surface area contributed by atoms with Gasteiger partial charge in [0.1, 0.15) is 5.82 Å². The largest absolute Gasteiger partial charge is 0.399 e. The molecule has 4 nitrogen and oxygen atoms in total. The Bertz CT molecular complexity index is 298. The van der Waals surface area contributed by atoms with E-state index >= 15 is 0 Å². The molecule has 0 amide bonds. The van der Waals surface area contributed by atoms with Gasteiger partial charge in [-0.3, -0.25) is 0 Å². The average Bonchev–Trinajstić information content (AvgIpc) is 2.17. The minimum Gasteiger partial charge on any atom is -0.399 e. The van der Waals surface area contributed by atoms with E-state index in [1.165, 1.54) is 0 Å². The van der Waals surface area contributed by atoms with Crippen LogP contribution in [0.2, 0.25) is 0 Å². The highest BCUT2D eigenvalue weighted by Crippen LogP contribution is 2.12. The van der Waals surface area contributed by atoms with Crippen LogP contribution in [-0.2, 0) is 0 Å². The lowest BCUT2D eigenvalue weighted by atomic mass is 10.3. The van der Waals surface area contributed by atoms with Gasteiger partial charge in [0, 0.05) is 31.5 Å². The fourth-order valence-electron chi connectivity index (χ4n) is 1.38. The quantitative estimate of drug-likeness (QED) is 0.785. The van der Waals surface area contributed by atoms with Gasteiger partial charge < -0.3 is 15.5 Å². The molecule has 2 N–H and O–H groups in total. The molecule has 1 aromatic rings. The van der Waals surface area contributed by atoms with Crippen LogP contribution in [0.5, 0.6) is 0 Å². The minimum absolute atomic E-state index is 0.763. The molecule has 0 aliphatic heterocycles. The van der Waals surface area contributed by atoms with E-state index in [1.54, 1.807) is 12.3 Å². The molecule has 0 unspecified atom stereocenters. The summed E-state index contributed by atoms with van der Waals surface area (Å²) in [5, 5.41) is 0. The van der Waals surface area contributed by atoms with Crippen molar-refractivity contribution in [3.63, 3.8) is 0 Å². The van der Waals surface area contributed by atoms with Crippen LogP contribution >= 0.6 is 0 Å². The highest BCUT2D eigenvalue weighted by molar-refractivity contribution is 5.49. The smallest absolute Gasteiger partial charge is 0.130 e. The predicted octanol–water partition coefficient (Wildman–Crippen LogP) is 1.05. The number of hydrogen-bond acceptors (Lipinski definition) is 4. The maximum absolute atomic E-state index is 5.70. The molecular weight excluding hydrogens is 188 g/mol. The Kier molecular flexibility index (Phi) is 4.37. The van der Waals surface area contributed by atoms with Crippen molar-refractivity contribution in [2.75, 3.05) is 44.9 Å². The fraction of sp³-hybridized carbons (Fsp3) is 0.545. The van der Waals surface area contributed by atoms with Gasteiger partial charge in [-0.05, 0) is 33.1 Å². The number of nitrogen functional groups attached to an aromatic ring is 1. The molecule has 0 aliphatic carbocycles. The van der Waals surface area contributed by atoms with Crippen LogP contribution in [0.1, 0.15) is 6.42 Å². The van der Waals surface area contributed by atoms with Crippen molar-refractivity contribution in [3.05, 3.63) is 18.3 Å². The molecule has 0 radical (unpaired) electrons. The third kappa shape index (κ3) is 4.16. The van der Waals surface area contributed by atoms with Crippen molar-refractivity contribution in [2.45, 2.75) is 6.42 Å². The molecule has 1 rings (SSSR count). The molecule has 0 atom stereocenters. The first-order valence-electron chi connectivity index (χ1n) is 5.17. The summed E-state index contributed by atoms with van der Waals surface area (Å²) in [6.45, 7) is 2.08. The molecule has 0 saturated heterocycles. The van der Waals surface area contributed by atoms with E-state index in [0.717, 1.165) is 31.0 Å². The first-order chi connectivity index (χ1) is 7.09. The number of pyridine rings is 1. The van der Waals surface area contributed by atoms with E-state index in [-0.39, 0.29) is 0 Å². The third-order valence-corrected chi connectivity index (χ3v) is 2.26. The van der Waals surface area contributed by atoms with Gasteiger partial charge in [0.15, 0.2) is 0 Å². The van der Waals surface area contributed by atoms with Gasteiger partial charge in [-0.1, -0.05) is 0 Å². The summed E-state index contributed by atoms with van der Waals surface area (Å²) in [6.07, 6.45) is 2.87. The topological polar surface area (TPSA) is 45.4 Å². The van der Waals surface area contributed by atoms with E-state index in [2.05, 4.69) is 28.9 Å². The van der Waals surface area contributed by atoms with Gasteiger partial charge in [-0.25, -0.2) is 4.98 Å². The van der Waals surface area contributed by atoms with Crippen molar-refractivity contribution in [3.8, 4) is 0 Å². The Morgan fingerprint density at radius 3 is 2.60 bits per heavy atom. The molecule has 0 bridgehead atoms. The van der Waals surface area contributed by atoms with Crippen LogP contribution in [0.25, 0.3) is 0 Å². The lowest BCUT2D eigenvalue weighted by Gasteiger charge is -2.19. The first kappa shape index (κ1) is 11.8. The standard InChI is InChI=1S/C11H20N4/c1-14(2)7-4-8-15(3)11-9-10(12)5-6-13-11/h5-6,9H,4,7-8H2,1-3H3,(H2,12,13). The van der Waals surface area contributed by atoms with Crippen molar-refractivity contribution >= 4 is 11.5 Å². The molecule has 0 fully saturated rings. The van der Waals surface area contributed by atoms with Crippen LogP contribution < -0.4 is 10.6 Å². The Balaban J connectivity index is 2.43. The Morgan fingerprint density at radius 1 is 1.27 bits per heavy atom. The Labute approximate surface area is 91.7 Å². The van der Waals surface area contributed by atoms with E-state index in [9.17, 15) is 0 Å². The summed E-state index contributed by atoms with van der Waals surface area (Å²) in [6, 6.07) is 3.70. The van der Waals surface area contributed by atoms with E-state index in [0.29, 0.717) is 0 Å². The third-order valence-electron chi connectivity index (χ3n) is 2.26. The molecule has 1 heterocycles. The molecular formula is C11H20N4. The number of hydrogen-bond donors (Lipinski definition) is 1. The monoisotopic (exact) mass is 208 g/mol. The second kappa shape index (κ2) is 5.56. The van der Waals surface area contributed by atoms with Gasteiger partial charge in [0.2, 0.25) is 0 Å². The highest BCUT2D eigenvalue weighted by atomic mass is 15.2. The predicted molar refractivity (Wildman–Crippen MR) is 65.1 cm³/mol. The fourth-order valence-corrected chi connectivity index (χ4v) is 1.38.